The van der Waals surface area contributed by atoms with Crippen molar-refractivity contribution in [2.24, 2.45) is 0 Å². The number of benzene rings is 4. The molecule has 138 valence electrons. The predicted octanol–water partition coefficient (Wildman–Crippen LogP) is 5.86. The van der Waals surface area contributed by atoms with Crippen LogP contribution in [0.15, 0.2) is 84.9 Å². The third-order valence-corrected chi connectivity index (χ3v) is 5.48. The maximum Gasteiger partial charge on any atom is 0.149 e. The highest BCUT2D eigenvalue weighted by molar-refractivity contribution is 6.11. The van der Waals surface area contributed by atoms with Crippen LogP contribution in [0.4, 0.5) is 0 Å². The van der Waals surface area contributed by atoms with E-state index in [1.165, 1.54) is 5.39 Å². The standard InChI is InChI=1S/C25H17N3O/c1-29-18-13-10-17(11-14-18)24-27-23-19-7-3-2-6-16(19)12-15-20(23)25-26-21-8-4-5-9-22(21)28(24)25/h2-15H,1H3. The zero-order valence-corrected chi connectivity index (χ0v) is 15.8. The van der Waals surface area contributed by atoms with Crippen molar-refractivity contribution in [1.29, 1.82) is 0 Å². The fourth-order valence-electron chi connectivity index (χ4n) is 4.07. The lowest BCUT2D eigenvalue weighted by molar-refractivity contribution is 0.415. The summed E-state index contributed by atoms with van der Waals surface area (Å²) in [4.78, 5) is 10.1. The highest BCUT2D eigenvalue weighted by Crippen LogP contribution is 2.33. The van der Waals surface area contributed by atoms with E-state index in [4.69, 9.17) is 14.7 Å². The second-order valence-electron chi connectivity index (χ2n) is 7.11. The van der Waals surface area contributed by atoms with Crippen molar-refractivity contribution in [1.82, 2.24) is 14.4 Å². The van der Waals surface area contributed by atoms with Crippen molar-refractivity contribution in [2.75, 3.05) is 7.11 Å². The molecule has 4 heteroatoms. The second kappa shape index (κ2) is 6.04. The summed E-state index contributed by atoms with van der Waals surface area (Å²) in [5.74, 6) is 1.70. The normalized spacial score (nSPS) is 11.6. The van der Waals surface area contributed by atoms with Crippen molar-refractivity contribution in [3.63, 3.8) is 0 Å². The van der Waals surface area contributed by atoms with E-state index in [-0.39, 0.29) is 0 Å². The number of hydrogen-bond donors (Lipinski definition) is 0. The second-order valence-corrected chi connectivity index (χ2v) is 7.11. The van der Waals surface area contributed by atoms with Crippen LogP contribution in [0.1, 0.15) is 0 Å². The molecule has 4 aromatic carbocycles. The average molecular weight is 375 g/mol. The predicted molar refractivity (Wildman–Crippen MR) is 117 cm³/mol. The summed E-state index contributed by atoms with van der Waals surface area (Å²) in [5, 5.41) is 3.36. The molecule has 2 aromatic heterocycles. The topological polar surface area (TPSA) is 39.4 Å². The van der Waals surface area contributed by atoms with E-state index in [0.717, 1.165) is 50.1 Å². The number of aromatic nitrogens is 3. The van der Waals surface area contributed by atoms with Gasteiger partial charge in [0.15, 0.2) is 0 Å². The van der Waals surface area contributed by atoms with Crippen LogP contribution in [0.2, 0.25) is 0 Å². The molecule has 0 N–H and O–H groups in total. The lowest BCUT2D eigenvalue weighted by atomic mass is 10.1. The number of imidazole rings is 1. The molecule has 0 aliphatic rings. The van der Waals surface area contributed by atoms with Crippen molar-refractivity contribution in [3.8, 4) is 17.1 Å². The monoisotopic (exact) mass is 375 g/mol. The minimum absolute atomic E-state index is 0.826. The summed E-state index contributed by atoms with van der Waals surface area (Å²) >= 11 is 0. The molecule has 0 aliphatic heterocycles. The third-order valence-electron chi connectivity index (χ3n) is 5.48. The summed E-state index contributed by atoms with van der Waals surface area (Å²) in [5.41, 5.74) is 4.93. The number of para-hydroxylation sites is 2. The van der Waals surface area contributed by atoms with Gasteiger partial charge in [0.1, 0.15) is 17.2 Å². The zero-order valence-electron chi connectivity index (χ0n) is 15.8. The maximum absolute atomic E-state index is 5.34. The van der Waals surface area contributed by atoms with Gasteiger partial charge in [-0.15, -0.1) is 0 Å². The minimum atomic E-state index is 0.826. The molecule has 4 nitrogen and oxygen atoms in total. The van der Waals surface area contributed by atoms with E-state index in [1.807, 2.05) is 42.5 Å². The Hall–Kier alpha value is -3.92. The molecule has 0 saturated heterocycles. The van der Waals surface area contributed by atoms with Crippen LogP contribution in [0.3, 0.4) is 0 Å². The summed E-state index contributed by atoms with van der Waals surface area (Å²) in [6.07, 6.45) is 0. The van der Waals surface area contributed by atoms with Crippen LogP contribution in [0.25, 0.3) is 49.7 Å². The Kier molecular flexibility index (Phi) is 3.35. The SMILES string of the molecule is COc1ccc(-c2nc3c4ccccc4ccc3c3nc4ccccc4n23)cc1. The first-order valence-electron chi connectivity index (χ1n) is 9.56. The molecule has 0 bridgehead atoms. The number of methoxy groups -OCH3 is 1. The Labute approximate surface area is 167 Å². The fourth-order valence-corrected chi connectivity index (χ4v) is 4.07. The molecule has 6 rings (SSSR count). The largest absolute Gasteiger partial charge is 0.497 e. The fraction of sp³-hybridized carbons (Fsp3) is 0.0400. The van der Waals surface area contributed by atoms with Crippen LogP contribution < -0.4 is 4.74 Å². The smallest absolute Gasteiger partial charge is 0.149 e. The van der Waals surface area contributed by atoms with E-state index < -0.39 is 0 Å². The van der Waals surface area contributed by atoms with Crippen LogP contribution in [0, 0.1) is 0 Å². The number of hydrogen-bond acceptors (Lipinski definition) is 3. The quantitative estimate of drug-likeness (QED) is 0.356. The van der Waals surface area contributed by atoms with Gasteiger partial charge in [0.25, 0.3) is 0 Å². The highest BCUT2D eigenvalue weighted by atomic mass is 16.5. The molecule has 29 heavy (non-hydrogen) atoms. The molecule has 6 aromatic rings. The van der Waals surface area contributed by atoms with Gasteiger partial charge in [-0.25, -0.2) is 9.97 Å². The van der Waals surface area contributed by atoms with E-state index in [1.54, 1.807) is 7.11 Å². The molecule has 0 atom stereocenters. The van der Waals surface area contributed by atoms with Gasteiger partial charge >= 0.3 is 0 Å². The van der Waals surface area contributed by atoms with Gasteiger partial charge in [0, 0.05) is 16.3 Å². The molecular formula is C25H17N3O. The Balaban J connectivity index is 1.83. The van der Waals surface area contributed by atoms with Gasteiger partial charge < -0.3 is 4.74 Å². The Morgan fingerprint density at radius 3 is 2.38 bits per heavy atom. The Morgan fingerprint density at radius 2 is 1.52 bits per heavy atom. The maximum atomic E-state index is 5.34. The van der Waals surface area contributed by atoms with Crippen molar-refractivity contribution < 1.29 is 4.74 Å². The molecule has 0 amide bonds. The van der Waals surface area contributed by atoms with Gasteiger partial charge in [-0.05, 0) is 47.9 Å². The van der Waals surface area contributed by atoms with E-state index in [0.29, 0.717) is 0 Å². The van der Waals surface area contributed by atoms with E-state index in [9.17, 15) is 0 Å². The molecule has 0 radical (unpaired) electrons. The summed E-state index contributed by atoms with van der Waals surface area (Å²) in [7, 11) is 1.68. The molecule has 0 saturated carbocycles. The van der Waals surface area contributed by atoms with Gasteiger partial charge in [0.05, 0.1) is 23.7 Å². The van der Waals surface area contributed by atoms with Crippen molar-refractivity contribution >= 4 is 38.4 Å². The highest BCUT2D eigenvalue weighted by Gasteiger charge is 2.16. The minimum Gasteiger partial charge on any atom is -0.497 e. The van der Waals surface area contributed by atoms with Crippen LogP contribution in [0.5, 0.6) is 5.75 Å². The Bertz CT molecular complexity index is 1530. The van der Waals surface area contributed by atoms with Gasteiger partial charge in [-0.2, -0.15) is 0 Å². The van der Waals surface area contributed by atoms with Gasteiger partial charge in [-0.1, -0.05) is 42.5 Å². The van der Waals surface area contributed by atoms with E-state index >= 15 is 0 Å². The number of fused-ring (bicyclic) bond motifs is 7. The van der Waals surface area contributed by atoms with Gasteiger partial charge in [0.2, 0.25) is 0 Å². The molecular weight excluding hydrogens is 358 g/mol. The summed E-state index contributed by atoms with van der Waals surface area (Å²) < 4.78 is 7.50. The average Bonchev–Trinajstić information content (AvgIpc) is 3.18. The zero-order chi connectivity index (χ0) is 19.4. The van der Waals surface area contributed by atoms with Crippen molar-refractivity contribution in [3.05, 3.63) is 84.9 Å². The van der Waals surface area contributed by atoms with Crippen LogP contribution in [-0.2, 0) is 0 Å². The first kappa shape index (κ1) is 16.1. The number of rotatable bonds is 2. The van der Waals surface area contributed by atoms with Crippen LogP contribution >= 0.6 is 0 Å². The molecule has 0 unspecified atom stereocenters. The Morgan fingerprint density at radius 1 is 0.724 bits per heavy atom. The van der Waals surface area contributed by atoms with Crippen molar-refractivity contribution in [2.45, 2.75) is 0 Å². The number of ether oxygens (including phenoxy) is 1. The van der Waals surface area contributed by atoms with Gasteiger partial charge in [-0.3, -0.25) is 4.40 Å². The van der Waals surface area contributed by atoms with E-state index in [2.05, 4.69) is 46.9 Å². The summed E-state index contributed by atoms with van der Waals surface area (Å²) in [6, 6.07) is 28.9. The van der Waals surface area contributed by atoms with Crippen LogP contribution in [-0.4, -0.2) is 21.5 Å². The first-order chi connectivity index (χ1) is 14.3. The number of nitrogens with zero attached hydrogens (tertiary/aromatic N) is 3. The third kappa shape index (κ3) is 2.32. The lowest BCUT2D eigenvalue weighted by Crippen LogP contribution is -1.98. The lowest BCUT2D eigenvalue weighted by Gasteiger charge is -2.11. The molecule has 0 fully saturated rings. The molecule has 0 spiro atoms. The summed E-state index contributed by atoms with van der Waals surface area (Å²) in [6.45, 7) is 0. The molecule has 2 heterocycles. The first-order valence-corrected chi connectivity index (χ1v) is 9.56. The molecule has 0 aliphatic carbocycles.